The van der Waals surface area contributed by atoms with Gasteiger partial charge in [-0.25, -0.2) is 0 Å². The first-order valence-corrected chi connectivity index (χ1v) is 6.07. The molecule has 1 aromatic rings. The van der Waals surface area contributed by atoms with Gasteiger partial charge in [0.15, 0.2) is 0 Å². The number of rotatable bonds is 6. The molecule has 1 atom stereocenters. The fraction of sp³-hybridized carbons (Fsp3) is 0.429. The minimum absolute atomic E-state index is 0.0340. The van der Waals surface area contributed by atoms with Gasteiger partial charge < -0.3 is 10.4 Å². The van der Waals surface area contributed by atoms with Crippen LogP contribution in [0.1, 0.15) is 43.4 Å². The standard InChI is InChI=1S/C14H19NO3/c1-10-5-3-6-12(9-10)11(2)15-13(16)7-4-8-14(17)18/h3,5-6,9,11H,4,7-8H2,1-2H3,(H,15,16)(H,17,18)/t11-/m1/s1. The molecule has 0 aromatic heterocycles. The van der Waals surface area contributed by atoms with E-state index in [4.69, 9.17) is 5.11 Å². The van der Waals surface area contributed by atoms with Gasteiger partial charge >= 0.3 is 5.97 Å². The molecule has 1 rings (SSSR count). The Balaban J connectivity index is 2.42. The highest BCUT2D eigenvalue weighted by atomic mass is 16.4. The van der Waals surface area contributed by atoms with E-state index < -0.39 is 5.97 Å². The van der Waals surface area contributed by atoms with Crippen LogP contribution in [0.25, 0.3) is 0 Å². The van der Waals surface area contributed by atoms with Crippen LogP contribution in [0.5, 0.6) is 0 Å². The number of hydrogen-bond donors (Lipinski definition) is 2. The predicted octanol–water partition coefficient (Wildman–Crippen LogP) is 2.43. The maximum atomic E-state index is 11.6. The molecule has 0 aliphatic rings. The molecule has 2 N–H and O–H groups in total. The van der Waals surface area contributed by atoms with E-state index >= 15 is 0 Å². The van der Waals surface area contributed by atoms with E-state index in [1.165, 1.54) is 0 Å². The molecule has 0 aliphatic heterocycles. The summed E-state index contributed by atoms with van der Waals surface area (Å²) in [6.07, 6.45) is 0.663. The number of nitrogens with one attached hydrogen (secondary N) is 1. The van der Waals surface area contributed by atoms with Crippen LogP contribution in [0.4, 0.5) is 0 Å². The van der Waals surface area contributed by atoms with E-state index in [9.17, 15) is 9.59 Å². The summed E-state index contributed by atoms with van der Waals surface area (Å²) in [5.41, 5.74) is 2.21. The summed E-state index contributed by atoms with van der Waals surface area (Å²) in [5.74, 6) is -0.972. The predicted molar refractivity (Wildman–Crippen MR) is 69.2 cm³/mol. The van der Waals surface area contributed by atoms with Crippen molar-refractivity contribution in [1.82, 2.24) is 5.32 Å². The van der Waals surface area contributed by atoms with E-state index in [0.29, 0.717) is 6.42 Å². The molecule has 0 aliphatic carbocycles. The summed E-state index contributed by atoms with van der Waals surface area (Å²) in [7, 11) is 0. The van der Waals surface area contributed by atoms with Crippen LogP contribution in [0, 0.1) is 6.92 Å². The molecule has 0 radical (unpaired) electrons. The van der Waals surface area contributed by atoms with Crippen molar-refractivity contribution in [1.29, 1.82) is 0 Å². The van der Waals surface area contributed by atoms with Crippen molar-refractivity contribution in [3.05, 3.63) is 35.4 Å². The van der Waals surface area contributed by atoms with Crippen molar-refractivity contribution in [3.8, 4) is 0 Å². The molecule has 4 nitrogen and oxygen atoms in total. The Bertz CT molecular complexity index is 429. The van der Waals surface area contributed by atoms with Gasteiger partial charge in [0.25, 0.3) is 0 Å². The molecular weight excluding hydrogens is 230 g/mol. The minimum Gasteiger partial charge on any atom is -0.481 e. The maximum absolute atomic E-state index is 11.6. The summed E-state index contributed by atoms with van der Waals surface area (Å²) in [5, 5.41) is 11.4. The molecular formula is C14H19NO3. The largest absolute Gasteiger partial charge is 0.481 e. The molecule has 1 aromatic carbocycles. The third kappa shape index (κ3) is 4.99. The second-order valence-electron chi connectivity index (χ2n) is 4.45. The first-order chi connectivity index (χ1) is 8.49. The number of carbonyl (C=O) groups is 2. The second-order valence-corrected chi connectivity index (χ2v) is 4.45. The maximum Gasteiger partial charge on any atom is 0.303 e. The number of hydrogen-bond acceptors (Lipinski definition) is 2. The van der Waals surface area contributed by atoms with Gasteiger partial charge in [-0.1, -0.05) is 29.8 Å². The van der Waals surface area contributed by atoms with Gasteiger partial charge in [0.05, 0.1) is 6.04 Å². The molecule has 0 bridgehead atoms. The van der Waals surface area contributed by atoms with Crippen molar-refractivity contribution in [2.24, 2.45) is 0 Å². The van der Waals surface area contributed by atoms with Gasteiger partial charge in [-0.3, -0.25) is 9.59 Å². The Morgan fingerprint density at radius 1 is 1.33 bits per heavy atom. The normalized spacial score (nSPS) is 11.9. The number of carboxylic acids is 1. The van der Waals surface area contributed by atoms with Crippen LogP contribution in [0.3, 0.4) is 0 Å². The lowest BCUT2D eigenvalue weighted by Gasteiger charge is -2.14. The fourth-order valence-electron chi connectivity index (χ4n) is 1.74. The number of aryl methyl sites for hydroxylation is 1. The Labute approximate surface area is 107 Å². The van der Waals surface area contributed by atoms with Crippen LogP contribution in [0.15, 0.2) is 24.3 Å². The molecule has 0 unspecified atom stereocenters. The lowest BCUT2D eigenvalue weighted by atomic mass is 10.1. The van der Waals surface area contributed by atoms with E-state index in [1.807, 2.05) is 38.1 Å². The van der Waals surface area contributed by atoms with E-state index in [0.717, 1.165) is 11.1 Å². The first kappa shape index (κ1) is 14.2. The van der Waals surface area contributed by atoms with Crippen molar-refractivity contribution in [2.45, 2.75) is 39.2 Å². The third-order valence-corrected chi connectivity index (χ3v) is 2.71. The number of benzene rings is 1. The SMILES string of the molecule is Cc1cccc([C@@H](C)NC(=O)CCCC(=O)O)c1. The average Bonchev–Trinajstić information content (AvgIpc) is 2.28. The molecule has 98 valence electrons. The van der Waals surface area contributed by atoms with E-state index in [-0.39, 0.29) is 24.8 Å². The van der Waals surface area contributed by atoms with E-state index in [1.54, 1.807) is 0 Å². The van der Waals surface area contributed by atoms with Crippen LogP contribution < -0.4 is 5.32 Å². The number of carbonyl (C=O) groups excluding carboxylic acids is 1. The summed E-state index contributed by atoms with van der Waals surface area (Å²) >= 11 is 0. The zero-order valence-electron chi connectivity index (χ0n) is 10.8. The molecule has 0 heterocycles. The van der Waals surface area contributed by atoms with Crippen LogP contribution >= 0.6 is 0 Å². The monoisotopic (exact) mass is 249 g/mol. The Morgan fingerprint density at radius 2 is 2.06 bits per heavy atom. The van der Waals surface area contributed by atoms with Crippen LogP contribution in [-0.4, -0.2) is 17.0 Å². The molecule has 0 saturated carbocycles. The quantitative estimate of drug-likeness (QED) is 0.813. The highest BCUT2D eigenvalue weighted by molar-refractivity contribution is 5.77. The van der Waals surface area contributed by atoms with E-state index in [2.05, 4.69) is 5.32 Å². The number of amides is 1. The van der Waals surface area contributed by atoms with Crippen LogP contribution in [0.2, 0.25) is 0 Å². The topological polar surface area (TPSA) is 66.4 Å². The van der Waals surface area contributed by atoms with Gasteiger partial charge in [0.2, 0.25) is 5.91 Å². The first-order valence-electron chi connectivity index (χ1n) is 6.07. The van der Waals surface area contributed by atoms with Crippen molar-refractivity contribution < 1.29 is 14.7 Å². The lowest BCUT2D eigenvalue weighted by molar-refractivity contribution is -0.137. The Morgan fingerprint density at radius 3 is 2.67 bits per heavy atom. The van der Waals surface area contributed by atoms with Crippen molar-refractivity contribution >= 4 is 11.9 Å². The molecule has 18 heavy (non-hydrogen) atoms. The summed E-state index contributed by atoms with van der Waals surface area (Å²) in [6, 6.07) is 7.90. The highest BCUT2D eigenvalue weighted by Crippen LogP contribution is 2.14. The van der Waals surface area contributed by atoms with Gasteiger partial charge in [-0.2, -0.15) is 0 Å². The molecule has 1 amide bonds. The Kier molecular flexibility index (Phi) is 5.36. The Hall–Kier alpha value is -1.84. The third-order valence-electron chi connectivity index (χ3n) is 2.71. The zero-order chi connectivity index (χ0) is 13.5. The summed E-state index contributed by atoms with van der Waals surface area (Å²) in [6.45, 7) is 3.93. The molecule has 0 fully saturated rings. The van der Waals surface area contributed by atoms with Crippen molar-refractivity contribution in [2.75, 3.05) is 0 Å². The van der Waals surface area contributed by atoms with Gasteiger partial charge in [0.1, 0.15) is 0 Å². The number of aliphatic carboxylic acids is 1. The zero-order valence-corrected chi connectivity index (χ0v) is 10.8. The van der Waals surface area contributed by atoms with Gasteiger partial charge in [-0.05, 0) is 25.8 Å². The molecule has 0 saturated heterocycles. The average molecular weight is 249 g/mol. The second kappa shape index (κ2) is 6.79. The summed E-state index contributed by atoms with van der Waals surface area (Å²) in [4.78, 5) is 21.9. The lowest BCUT2D eigenvalue weighted by Crippen LogP contribution is -2.26. The van der Waals surface area contributed by atoms with Gasteiger partial charge in [-0.15, -0.1) is 0 Å². The molecule has 0 spiro atoms. The highest BCUT2D eigenvalue weighted by Gasteiger charge is 2.09. The van der Waals surface area contributed by atoms with Crippen molar-refractivity contribution in [3.63, 3.8) is 0 Å². The van der Waals surface area contributed by atoms with Crippen LogP contribution in [-0.2, 0) is 9.59 Å². The fourth-order valence-corrected chi connectivity index (χ4v) is 1.74. The molecule has 4 heteroatoms. The van der Waals surface area contributed by atoms with Gasteiger partial charge in [0, 0.05) is 12.8 Å². The smallest absolute Gasteiger partial charge is 0.303 e. The summed E-state index contributed by atoms with van der Waals surface area (Å²) < 4.78 is 0. The number of carboxylic acid groups (broad SMARTS) is 1. The minimum atomic E-state index is -0.866.